The van der Waals surface area contributed by atoms with Crippen LogP contribution in [0.4, 0.5) is 10.1 Å². The van der Waals surface area contributed by atoms with Crippen LogP contribution in [0.3, 0.4) is 0 Å². The Morgan fingerprint density at radius 3 is 2.18 bits per heavy atom. The summed E-state index contributed by atoms with van der Waals surface area (Å²) < 4.78 is 14.1. The van der Waals surface area contributed by atoms with E-state index in [2.05, 4.69) is 21.2 Å². The summed E-state index contributed by atoms with van der Waals surface area (Å²) in [7, 11) is 0. The summed E-state index contributed by atoms with van der Waals surface area (Å²) in [6.07, 6.45) is 0. The van der Waals surface area contributed by atoms with Gasteiger partial charge in [-0.3, -0.25) is 15.0 Å². The van der Waals surface area contributed by atoms with Gasteiger partial charge in [0.05, 0.1) is 5.69 Å². The molecular weight excluding hydrogens is 427 g/mol. The molecule has 1 heterocycles. The number of hydrogen-bond acceptors (Lipinski definition) is 3. The molecule has 0 atom stereocenters. The highest BCUT2D eigenvalue weighted by molar-refractivity contribution is 6.06. The lowest BCUT2D eigenvalue weighted by Crippen LogP contribution is -2.53. The summed E-state index contributed by atoms with van der Waals surface area (Å²) in [5, 5.41) is 3.04. The summed E-state index contributed by atoms with van der Waals surface area (Å²) in [4.78, 5) is 22.2. The monoisotopic (exact) mass is 458 g/mol. The lowest BCUT2D eigenvalue weighted by molar-refractivity contribution is 0.0967. The number of halogens is 1. The van der Waals surface area contributed by atoms with Gasteiger partial charge in [0.25, 0.3) is 5.91 Å². The molecule has 3 aromatic rings. The number of guanidine groups is 1. The molecule has 0 saturated carbocycles. The number of aliphatic imine (C=N–C) groups is 1. The van der Waals surface area contributed by atoms with E-state index in [0.717, 1.165) is 35.5 Å². The van der Waals surface area contributed by atoms with Gasteiger partial charge in [-0.05, 0) is 62.2 Å². The first-order chi connectivity index (χ1) is 16.4. The van der Waals surface area contributed by atoms with Crippen molar-refractivity contribution in [3.8, 4) is 0 Å². The van der Waals surface area contributed by atoms with Crippen molar-refractivity contribution in [2.45, 2.75) is 27.3 Å². The number of aryl methyl sites for hydroxylation is 3. The smallest absolute Gasteiger partial charge is 0.257 e. The van der Waals surface area contributed by atoms with Gasteiger partial charge < -0.3 is 4.90 Å². The number of carbonyl (C=O) groups is 1. The Labute approximate surface area is 200 Å². The Bertz CT molecular complexity index is 1160. The minimum absolute atomic E-state index is 0.174. The normalized spacial score (nSPS) is 14.8. The zero-order chi connectivity index (χ0) is 24.1. The molecular formula is C28H31FN4O. The van der Waals surface area contributed by atoms with E-state index in [1.165, 1.54) is 6.07 Å². The van der Waals surface area contributed by atoms with Crippen molar-refractivity contribution in [3.63, 3.8) is 0 Å². The first-order valence-electron chi connectivity index (χ1n) is 11.6. The number of benzene rings is 3. The maximum atomic E-state index is 14.1. The number of piperazine rings is 1. The van der Waals surface area contributed by atoms with Crippen LogP contribution in [-0.2, 0) is 6.54 Å². The van der Waals surface area contributed by atoms with E-state index in [1.54, 1.807) is 6.07 Å². The molecule has 34 heavy (non-hydrogen) atoms. The van der Waals surface area contributed by atoms with Crippen LogP contribution in [0.1, 0.15) is 32.6 Å². The molecule has 0 unspecified atom stereocenters. The third kappa shape index (κ3) is 6.08. The fraction of sp³-hybridized carbons (Fsp3) is 0.286. The van der Waals surface area contributed by atoms with E-state index < -0.39 is 0 Å². The van der Waals surface area contributed by atoms with Crippen LogP contribution < -0.4 is 5.32 Å². The quantitative estimate of drug-likeness (QED) is 0.443. The van der Waals surface area contributed by atoms with E-state index >= 15 is 0 Å². The third-order valence-electron chi connectivity index (χ3n) is 6.00. The van der Waals surface area contributed by atoms with Gasteiger partial charge in [-0.25, -0.2) is 9.38 Å². The Morgan fingerprint density at radius 1 is 0.882 bits per heavy atom. The SMILES string of the molecule is Cc1ccc(C(=O)NC(=Nc2cc(C)cc(C)c2)N2CCN(Cc3ccccc3F)CC2)cc1. The Balaban J connectivity index is 1.52. The first-order valence-corrected chi connectivity index (χ1v) is 11.6. The average Bonchev–Trinajstić information content (AvgIpc) is 2.80. The van der Waals surface area contributed by atoms with E-state index in [9.17, 15) is 9.18 Å². The molecule has 6 heteroatoms. The largest absolute Gasteiger partial charge is 0.340 e. The van der Waals surface area contributed by atoms with Crippen molar-refractivity contribution in [2.24, 2.45) is 4.99 Å². The molecule has 0 aliphatic carbocycles. The molecule has 3 aromatic carbocycles. The lowest BCUT2D eigenvalue weighted by atomic mass is 10.1. The minimum atomic E-state index is -0.183. The molecule has 1 saturated heterocycles. The van der Waals surface area contributed by atoms with Crippen LogP contribution in [0.2, 0.25) is 0 Å². The summed E-state index contributed by atoms with van der Waals surface area (Å²) in [6.45, 7) is 9.52. The standard InChI is InChI=1S/C28H31FN4O/c1-20-8-10-23(11-9-20)27(34)31-28(30-25-17-21(2)16-22(3)18-25)33-14-12-32(13-15-33)19-24-6-4-5-7-26(24)29/h4-11,16-18H,12-15,19H2,1-3H3,(H,30,31,34). The number of carbonyl (C=O) groups excluding carboxylic acids is 1. The molecule has 0 radical (unpaired) electrons. The van der Waals surface area contributed by atoms with Gasteiger partial charge in [0.2, 0.25) is 5.96 Å². The van der Waals surface area contributed by atoms with Crippen molar-refractivity contribution in [1.29, 1.82) is 0 Å². The molecule has 1 aliphatic heterocycles. The second kappa shape index (κ2) is 10.6. The number of nitrogens with zero attached hydrogens (tertiary/aromatic N) is 3. The summed E-state index contributed by atoms with van der Waals surface area (Å²) in [6, 6.07) is 20.5. The van der Waals surface area contributed by atoms with Gasteiger partial charge >= 0.3 is 0 Å². The highest BCUT2D eigenvalue weighted by Crippen LogP contribution is 2.19. The Hall–Kier alpha value is -3.51. The van der Waals surface area contributed by atoms with Gasteiger partial charge in [0, 0.05) is 43.9 Å². The van der Waals surface area contributed by atoms with E-state index in [4.69, 9.17) is 4.99 Å². The maximum Gasteiger partial charge on any atom is 0.257 e. The number of rotatable bonds is 4. The van der Waals surface area contributed by atoms with Crippen molar-refractivity contribution < 1.29 is 9.18 Å². The predicted octanol–water partition coefficient (Wildman–Crippen LogP) is 4.99. The van der Waals surface area contributed by atoms with Crippen molar-refractivity contribution in [2.75, 3.05) is 26.2 Å². The van der Waals surface area contributed by atoms with Gasteiger partial charge in [0.15, 0.2) is 0 Å². The van der Waals surface area contributed by atoms with E-state index in [-0.39, 0.29) is 11.7 Å². The molecule has 1 fully saturated rings. The molecule has 1 aliphatic rings. The van der Waals surface area contributed by atoms with Crippen molar-refractivity contribution in [3.05, 3.63) is 100 Å². The lowest BCUT2D eigenvalue weighted by Gasteiger charge is -2.36. The summed E-state index contributed by atoms with van der Waals surface area (Å²) >= 11 is 0. The summed E-state index contributed by atoms with van der Waals surface area (Å²) in [5.74, 6) is 0.186. The van der Waals surface area contributed by atoms with Crippen LogP contribution in [0.25, 0.3) is 0 Å². The highest BCUT2D eigenvalue weighted by atomic mass is 19.1. The number of amides is 1. The van der Waals surface area contributed by atoms with E-state index in [1.807, 2.05) is 69.3 Å². The zero-order valence-electron chi connectivity index (χ0n) is 20.0. The second-order valence-electron chi connectivity index (χ2n) is 8.96. The van der Waals surface area contributed by atoms with Crippen LogP contribution in [-0.4, -0.2) is 47.8 Å². The topological polar surface area (TPSA) is 47.9 Å². The highest BCUT2D eigenvalue weighted by Gasteiger charge is 2.22. The van der Waals surface area contributed by atoms with Crippen LogP contribution in [0, 0.1) is 26.6 Å². The molecule has 5 nitrogen and oxygen atoms in total. The van der Waals surface area contributed by atoms with Gasteiger partial charge in [-0.1, -0.05) is 42.0 Å². The summed E-state index contributed by atoms with van der Waals surface area (Å²) in [5.41, 5.74) is 5.46. The number of hydrogen-bond donors (Lipinski definition) is 1. The average molecular weight is 459 g/mol. The minimum Gasteiger partial charge on any atom is -0.340 e. The van der Waals surface area contributed by atoms with Crippen molar-refractivity contribution in [1.82, 2.24) is 15.1 Å². The fourth-order valence-corrected chi connectivity index (χ4v) is 4.18. The molecule has 176 valence electrons. The van der Waals surface area contributed by atoms with E-state index in [0.29, 0.717) is 36.7 Å². The third-order valence-corrected chi connectivity index (χ3v) is 6.00. The van der Waals surface area contributed by atoms with Gasteiger partial charge in [0.1, 0.15) is 5.82 Å². The molecule has 4 rings (SSSR count). The van der Waals surface area contributed by atoms with Gasteiger partial charge in [-0.15, -0.1) is 0 Å². The molecule has 0 aromatic heterocycles. The van der Waals surface area contributed by atoms with Crippen LogP contribution in [0.5, 0.6) is 0 Å². The fourth-order valence-electron chi connectivity index (χ4n) is 4.18. The van der Waals surface area contributed by atoms with Crippen LogP contribution >= 0.6 is 0 Å². The molecule has 1 N–H and O–H groups in total. The van der Waals surface area contributed by atoms with Gasteiger partial charge in [-0.2, -0.15) is 0 Å². The zero-order valence-corrected chi connectivity index (χ0v) is 20.0. The Kier molecular flexibility index (Phi) is 7.38. The van der Waals surface area contributed by atoms with Crippen molar-refractivity contribution >= 4 is 17.6 Å². The van der Waals surface area contributed by atoms with Crippen LogP contribution in [0.15, 0.2) is 71.7 Å². The molecule has 1 amide bonds. The molecule has 0 bridgehead atoms. The molecule has 0 spiro atoms. The Morgan fingerprint density at radius 2 is 1.53 bits per heavy atom. The predicted molar refractivity (Wildman–Crippen MR) is 135 cm³/mol. The second-order valence-corrected chi connectivity index (χ2v) is 8.96. The number of nitrogens with one attached hydrogen (secondary N) is 1. The first kappa shape index (κ1) is 23.6. The maximum absolute atomic E-state index is 14.1.